The molecule has 5 rings (SSSR count). The van der Waals surface area contributed by atoms with Crippen molar-refractivity contribution in [1.82, 2.24) is 9.88 Å². The smallest absolute Gasteiger partial charge is 0.227 e. The molecule has 29 heavy (non-hydrogen) atoms. The second kappa shape index (κ2) is 6.91. The number of rotatable bonds is 3. The number of fused-ring (bicyclic) bond motifs is 3. The quantitative estimate of drug-likeness (QED) is 0.516. The number of benzene rings is 2. The third kappa shape index (κ3) is 2.84. The van der Waals surface area contributed by atoms with Gasteiger partial charge in [-0.2, -0.15) is 5.26 Å². The number of nitriles is 1. The molecule has 0 saturated carbocycles. The monoisotopic (exact) mass is 382 g/mol. The number of nitrogens with zero attached hydrogens (tertiary/aromatic N) is 4. The predicted octanol–water partition coefficient (Wildman–Crippen LogP) is 4.66. The second-order valence-electron chi connectivity index (χ2n) is 7.81. The molecule has 0 N–H and O–H groups in total. The molecule has 1 aliphatic rings. The van der Waals surface area contributed by atoms with E-state index in [1.165, 1.54) is 0 Å². The molecular formula is C24H22N4O. The topological polar surface area (TPSA) is 56.3 Å². The van der Waals surface area contributed by atoms with Gasteiger partial charge in [0.1, 0.15) is 6.07 Å². The molecule has 1 saturated heterocycles. The lowest BCUT2D eigenvalue weighted by atomic mass is 9.96. The van der Waals surface area contributed by atoms with Crippen LogP contribution in [0.25, 0.3) is 33.2 Å². The highest BCUT2D eigenvalue weighted by molar-refractivity contribution is 6.16. The van der Waals surface area contributed by atoms with Crippen LogP contribution in [0.15, 0.2) is 59.1 Å². The van der Waals surface area contributed by atoms with Crippen LogP contribution < -0.4 is 4.90 Å². The lowest BCUT2D eigenvalue weighted by Gasteiger charge is -2.25. The number of aromatic nitrogens is 1. The van der Waals surface area contributed by atoms with E-state index in [0.29, 0.717) is 22.9 Å². The van der Waals surface area contributed by atoms with Crippen LogP contribution in [-0.4, -0.2) is 43.1 Å². The van der Waals surface area contributed by atoms with Gasteiger partial charge in [0.05, 0.1) is 22.0 Å². The van der Waals surface area contributed by atoms with Crippen molar-refractivity contribution in [2.24, 2.45) is 0 Å². The number of anilines is 1. The van der Waals surface area contributed by atoms with Crippen LogP contribution in [0.5, 0.6) is 0 Å². The molecule has 5 nitrogen and oxygen atoms in total. The highest BCUT2D eigenvalue weighted by Crippen LogP contribution is 2.44. The van der Waals surface area contributed by atoms with E-state index in [-0.39, 0.29) is 0 Å². The summed E-state index contributed by atoms with van der Waals surface area (Å²) in [7, 11) is 4.27. The molecule has 1 aliphatic heterocycles. The van der Waals surface area contributed by atoms with Crippen molar-refractivity contribution in [1.29, 1.82) is 5.26 Å². The minimum atomic E-state index is 0.501. The molecule has 4 aromatic rings. The van der Waals surface area contributed by atoms with Crippen molar-refractivity contribution in [3.8, 4) is 17.2 Å². The number of likely N-dealkylation sites (N-methyl/N-ethyl adjacent to an activating group) is 1. The summed E-state index contributed by atoms with van der Waals surface area (Å²) in [5.74, 6) is 0. The van der Waals surface area contributed by atoms with Crippen LogP contribution in [0, 0.1) is 11.3 Å². The molecule has 3 heterocycles. The maximum atomic E-state index is 9.85. The fraction of sp³-hybridized carbons (Fsp3) is 0.250. The first kappa shape index (κ1) is 17.7. The number of hydrogen-bond acceptors (Lipinski definition) is 5. The normalized spacial score (nSPS) is 16.8. The Hall–Kier alpha value is -3.36. The van der Waals surface area contributed by atoms with Gasteiger partial charge in [0.2, 0.25) is 5.71 Å². The van der Waals surface area contributed by atoms with Gasteiger partial charge in [0.15, 0.2) is 5.58 Å². The van der Waals surface area contributed by atoms with E-state index in [1.54, 1.807) is 6.20 Å². The summed E-state index contributed by atoms with van der Waals surface area (Å²) >= 11 is 0. The number of hydrogen-bond donors (Lipinski definition) is 0. The standard InChI is InChI=1S/C24H22N4O/c1-27(2)18-10-12-28(15-18)22-20(16-7-4-3-5-8-16)13-17(14-25)23-21(22)19-9-6-11-26-24(19)29-23/h3-9,11,13,18H,10,12,15H2,1-2H3/t18-/m0/s1. The summed E-state index contributed by atoms with van der Waals surface area (Å²) < 4.78 is 6.07. The SMILES string of the molecule is CN(C)[C@H]1CCN(c2c(-c3ccccc3)cc(C#N)c3oc4ncccc4c23)C1. The molecule has 2 aromatic heterocycles. The van der Waals surface area contributed by atoms with Crippen molar-refractivity contribution >= 4 is 27.8 Å². The van der Waals surface area contributed by atoms with Crippen LogP contribution in [0.1, 0.15) is 12.0 Å². The zero-order valence-corrected chi connectivity index (χ0v) is 16.6. The summed E-state index contributed by atoms with van der Waals surface area (Å²) in [6.45, 7) is 1.91. The van der Waals surface area contributed by atoms with Crippen LogP contribution in [0.4, 0.5) is 5.69 Å². The molecule has 0 amide bonds. The first-order valence-electron chi connectivity index (χ1n) is 9.88. The van der Waals surface area contributed by atoms with Crippen molar-refractivity contribution in [3.05, 3.63) is 60.3 Å². The van der Waals surface area contributed by atoms with E-state index in [1.807, 2.05) is 36.4 Å². The van der Waals surface area contributed by atoms with Crippen LogP contribution in [-0.2, 0) is 0 Å². The minimum Gasteiger partial charge on any atom is -0.436 e. The van der Waals surface area contributed by atoms with E-state index < -0.39 is 0 Å². The average Bonchev–Trinajstić information content (AvgIpc) is 3.39. The zero-order valence-electron chi connectivity index (χ0n) is 16.6. The Kier molecular flexibility index (Phi) is 4.22. The van der Waals surface area contributed by atoms with Gasteiger partial charge < -0.3 is 14.2 Å². The lowest BCUT2D eigenvalue weighted by molar-refractivity contribution is 0.315. The van der Waals surface area contributed by atoms with Gasteiger partial charge >= 0.3 is 0 Å². The van der Waals surface area contributed by atoms with Gasteiger partial charge in [-0.05, 0) is 44.3 Å². The zero-order chi connectivity index (χ0) is 20.0. The van der Waals surface area contributed by atoms with Crippen molar-refractivity contribution in [2.45, 2.75) is 12.5 Å². The van der Waals surface area contributed by atoms with Gasteiger partial charge in [-0.25, -0.2) is 4.98 Å². The molecule has 5 heteroatoms. The van der Waals surface area contributed by atoms with Crippen LogP contribution in [0.2, 0.25) is 0 Å². The average molecular weight is 382 g/mol. The molecule has 0 aliphatic carbocycles. The first-order chi connectivity index (χ1) is 14.2. The van der Waals surface area contributed by atoms with Crippen molar-refractivity contribution < 1.29 is 4.42 Å². The van der Waals surface area contributed by atoms with Gasteiger partial charge in [0.25, 0.3) is 0 Å². The largest absolute Gasteiger partial charge is 0.436 e. The number of furan rings is 1. The molecule has 0 spiro atoms. The molecule has 1 fully saturated rings. The Bertz CT molecular complexity index is 1240. The third-order valence-corrected chi connectivity index (χ3v) is 5.91. The Morgan fingerprint density at radius 2 is 2.00 bits per heavy atom. The Morgan fingerprint density at radius 1 is 1.17 bits per heavy atom. The molecule has 0 unspecified atom stereocenters. The van der Waals surface area contributed by atoms with Gasteiger partial charge in [-0.1, -0.05) is 30.3 Å². The first-order valence-corrected chi connectivity index (χ1v) is 9.88. The fourth-order valence-corrected chi connectivity index (χ4v) is 4.39. The molecule has 2 aromatic carbocycles. The fourth-order valence-electron chi connectivity index (χ4n) is 4.39. The summed E-state index contributed by atoms with van der Waals surface area (Å²) in [5.41, 5.74) is 5.07. The van der Waals surface area contributed by atoms with Gasteiger partial charge in [-0.15, -0.1) is 0 Å². The van der Waals surface area contributed by atoms with Gasteiger partial charge in [0, 0.05) is 30.9 Å². The third-order valence-electron chi connectivity index (χ3n) is 5.91. The highest BCUT2D eigenvalue weighted by Gasteiger charge is 2.30. The minimum absolute atomic E-state index is 0.501. The van der Waals surface area contributed by atoms with Crippen molar-refractivity contribution in [3.63, 3.8) is 0 Å². The van der Waals surface area contributed by atoms with E-state index in [4.69, 9.17) is 4.42 Å². The molecule has 0 bridgehead atoms. The van der Waals surface area contributed by atoms with E-state index in [0.717, 1.165) is 47.1 Å². The molecule has 144 valence electrons. The molecular weight excluding hydrogens is 360 g/mol. The maximum absolute atomic E-state index is 9.85. The van der Waals surface area contributed by atoms with Crippen LogP contribution >= 0.6 is 0 Å². The maximum Gasteiger partial charge on any atom is 0.227 e. The second-order valence-corrected chi connectivity index (χ2v) is 7.81. The Labute approximate surface area is 169 Å². The summed E-state index contributed by atoms with van der Waals surface area (Å²) in [6.07, 6.45) is 2.84. The number of pyridine rings is 1. The van der Waals surface area contributed by atoms with E-state index in [2.05, 4.69) is 47.1 Å². The Balaban J connectivity index is 1.86. The Morgan fingerprint density at radius 3 is 2.72 bits per heavy atom. The highest BCUT2D eigenvalue weighted by atomic mass is 16.3. The van der Waals surface area contributed by atoms with Crippen molar-refractivity contribution in [2.75, 3.05) is 32.1 Å². The lowest BCUT2D eigenvalue weighted by Crippen LogP contribution is -2.31. The van der Waals surface area contributed by atoms with E-state index in [9.17, 15) is 5.26 Å². The van der Waals surface area contributed by atoms with Gasteiger partial charge in [-0.3, -0.25) is 0 Å². The summed E-state index contributed by atoms with van der Waals surface area (Å²) in [6, 6.07) is 19.1. The van der Waals surface area contributed by atoms with Crippen LogP contribution in [0.3, 0.4) is 0 Å². The molecule has 0 radical (unpaired) electrons. The summed E-state index contributed by atoms with van der Waals surface area (Å²) in [4.78, 5) is 9.14. The van der Waals surface area contributed by atoms with E-state index >= 15 is 0 Å². The predicted molar refractivity (Wildman–Crippen MR) is 116 cm³/mol. The summed E-state index contributed by atoms with van der Waals surface area (Å²) in [5, 5.41) is 11.8. The molecule has 1 atom stereocenters.